The van der Waals surface area contributed by atoms with Crippen LogP contribution in [-0.2, 0) is 37.6 Å². The van der Waals surface area contributed by atoms with Crippen molar-refractivity contribution >= 4 is 15.6 Å². The molecule has 3 nitrogen and oxygen atoms in total. The topological polar surface area (TPSA) is 51.2 Å². The molecule has 0 aromatic rings. The van der Waals surface area contributed by atoms with Gasteiger partial charge in [-0.1, -0.05) is 0 Å². The second-order valence-electron chi connectivity index (χ2n) is 2.43. The summed E-state index contributed by atoms with van der Waals surface area (Å²) in [6, 6.07) is 0. The molecule has 0 spiro atoms. The van der Waals surface area contributed by atoms with Gasteiger partial charge in [-0.25, -0.2) is 0 Å². The summed E-state index contributed by atoms with van der Waals surface area (Å²) < 4.78 is 0.962. The zero-order chi connectivity index (χ0) is 10.7. The summed E-state index contributed by atoms with van der Waals surface area (Å²) in [7, 11) is 0. The number of ketones is 1. The molecule has 0 saturated carbocycles. The van der Waals surface area contributed by atoms with Crippen LogP contribution in [0.15, 0.2) is 0 Å². The van der Waals surface area contributed by atoms with Gasteiger partial charge >= 0.3 is 72.9 Å². The predicted octanol–water partition coefficient (Wildman–Crippen LogP) is 1.52. The molecule has 0 amide bonds. The quantitative estimate of drug-likeness (QED) is 0.755. The maximum atomic E-state index is 10.9. The van der Waals surface area contributed by atoms with Gasteiger partial charge in [0, 0.05) is 6.92 Å². The predicted molar refractivity (Wildman–Crippen MR) is 46.8 cm³/mol. The third-order valence-corrected chi connectivity index (χ3v) is 4.25. The van der Waals surface area contributed by atoms with Gasteiger partial charge in [0.15, 0.2) is 6.29 Å². The van der Waals surface area contributed by atoms with E-state index in [1.54, 1.807) is 6.92 Å². The summed E-state index contributed by atoms with van der Waals surface area (Å²) in [6.07, 6.45) is 3.12. The second kappa shape index (κ2) is 11.9. The molecule has 1 radical (unpaired) electrons. The van der Waals surface area contributed by atoms with Crippen molar-refractivity contribution in [3.05, 3.63) is 0 Å². The number of Topliss-reactive ketones (excluding diaryl/α,β-unsaturated/α-hetero) is 1. The van der Waals surface area contributed by atoms with Gasteiger partial charge in [-0.3, -0.25) is 4.79 Å². The molecule has 0 fully saturated rings. The van der Waals surface area contributed by atoms with Gasteiger partial charge < -0.3 is 0 Å². The van der Waals surface area contributed by atoms with Crippen LogP contribution in [0.25, 0.3) is 0 Å². The molecule has 13 heavy (non-hydrogen) atoms. The van der Waals surface area contributed by atoms with Crippen molar-refractivity contribution in [3.63, 3.8) is 0 Å². The number of carbonyl (C=O) groups excluding carboxylic acids is 3. The number of hydrogen-bond donors (Lipinski definition) is 0. The molecular weight excluding hydrogens is 247 g/mol. The van der Waals surface area contributed by atoms with E-state index in [1.165, 1.54) is 13.2 Å². The van der Waals surface area contributed by atoms with Crippen LogP contribution >= 0.6 is 0 Å². The van der Waals surface area contributed by atoms with Gasteiger partial charge in [-0.2, -0.15) is 0 Å². The minimum atomic E-state index is -0.968. The van der Waals surface area contributed by atoms with Gasteiger partial charge in [0.2, 0.25) is 0 Å². The number of hydrogen-bond acceptors (Lipinski definition) is 3. The molecule has 0 bridgehead atoms. The van der Waals surface area contributed by atoms with E-state index in [-0.39, 0.29) is 5.78 Å². The summed E-state index contributed by atoms with van der Waals surface area (Å²) >= 11 is -0.968. The van der Waals surface area contributed by atoms with Crippen molar-refractivity contribution in [2.75, 3.05) is 0 Å². The Morgan fingerprint density at radius 2 is 1.85 bits per heavy atom. The molecule has 0 rings (SSSR count). The monoisotopic (exact) mass is 261 g/mol. The first-order valence-electron chi connectivity index (χ1n) is 4.13. The van der Waals surface area contributed by atoms with Crippen molar-refractivity contribution in [2.24, 2.45) is 0 Å². The first-order chi connectivity index (χ1) is 6.08. The summed E-state index contributed by atoms with van der Waals surface area (Å²) in [4.78, 5) is 30.0. The molecule has 0 atom stereocenters. The molecule has 0 heterocycles. The standard InChI is InChI=1S/C4H7O.C3H5O.C2H3O.Zr/c1-2-3-4-5;1-3(2)4;1-2-3;/h2-3H2,1H3;1H2,2H3;1H3;. The average Bonchev–Trinajstić information content (AvgIpc) is 2.03. The van der Waals surface area contributed by atoms with Crippen LogP contribution in [0.1, 0.15) is 33.6 Å². The van der Waals surface area contributed by atoms with Crippen LogP contribution in [0.2, 0.25) is 4.13 Å². The van der Waals surface area contributed by atoms with Crippen molar-refractivity contribution in [2.45, 2.75) is 37.7 Å². The fourth-order valence-electron chi connectivity index (χ4n) is 0.539. The summed E-state index contributed by atoms with van der Waals surface area (Å²) in [5.74, 6) is 0.177. The zero-order valence-electron chi connectivity index (χ0n) is 8.35. The Morgan fingerprint density at radius 1 is 1.38 bits per heavy atom. The molecule has 0 aromatic heterocycles. The van der Waals surface area contributed by atoms with Crippen LogP contribution in [-0.4, -0.2) is 15.6 Å². The van der Waals surface area contributed by atoms with Crippen molar-refractivity contribution in [3.8, 4) is 0 Å². The Labute approximate surface area is 90.8 Å². The van der Waals surface area contributed by atoms with Crippen LogP contribution < -0.4 is 0 Å². The Kier molecular flexibility index (Phi) is 14.1. The van der Waals surface area contributed by atoms with Gasteiger partial charge in [-0.15, -0.1) is 0 Å². The zero-order valence-corrected chi connectivity index (χ0v) is 10.8. The molecule has 0 saturated heterocycles. The Bertz CT molecular complexity index is 166. The van der Waals surface area contributed by atoms with Gasteiger partial charge in [0.25, 0.3) is 0 Å². The van der Waals surface area contributed by atoms with E-state index >= 15 is 0 Å². The first-order valence-corrected chi connectivity index (χ1v) is 7.10. The molecule has 0 aliphatic carbocycles. The maximum absolute atomic E-state index is 10.9. The molecule has 0 N–H and O–H groups in total. The smallest absolute Gasteiger partial charge is 0.195 e. The van der Waals surface area contributed by atoms with Crippen LogP contribution in [0.5, 0.6) is 0 Å². The Hall–Kier alpha value is -0.107. The van der Waals surface area contributed by atoms with E-state index in [9.17, 15) is 9.59 Å². The van der Waals surface area contributed by atoms with E-state index in [1.807, 2.05) is 6.92 Å². The van der Waals surface area contributed by atoms with Crippen LogP contribution in [0, 0.1) is 0 Å². The summed E-state index contributed by atoms with van der Waals surface area (Å²) in [5.41, 5.74) is 0. The largest absolute Gasteiger partial charge is 0.291 e. The van der Waals surface area contributed by atoms with Crippen LogP contribution in [0.3, 0.4) is 0 Å². The van der Waals surface area contributed by atoms with Gasteiger partial charge in [-0.05, 0) is 0 Å². The van der Waals surface area contributed by atoms with Crippen molar-refractivity contribution < 1.29 is 37.6 Å². The molecule has 0 aromatic carbocycles. The SMILES string of the molecule is CCC[C](=O)[Zr][CH2]C(C)=O.C[C]=O. The normalized spacial score (nSPS) is 7.92. The van der Waals surface area contributed by atoms with E-state index < -0.39 is 23.2 Å². The van der Waals surface area contributed by atoms with Crippen LogP contribution in [0.4, 0.5) is 0 Å². The van der Waals surface area contributed by atoms with Gasteiger partial charge in [0.1, 0.15) is 0 Å². The third-order valence-electron chi connectivity index (χ3n) is 1.01. The molecule has 0 aliphatic rings. The molecular formula is C9H15O3Zr. The van der Waals surface area contributed by atoms with Gasteiger partial charge in [0.05, 0.1) is 0 Å². The van der Waals surface area contributed by atoms with Crippen molar-refractivity contribution in [1.29, 1.82) is 0 Å². The van der Waals surface area contributed by atoms with E-state index in [4.69, 9.17) is 4.79 Å². The fourth-order valence-corrected chi connectivity index (χ4v) is 2.68. The first kappa shape index (κ1) is 15.4. The molecule has 0 aliphatic heterocycles. The molecule has 73 valence electrons. The van der Waals surface area contributed by atoms with E-state index in [2.05, 4.69) is 0 Å². The number of carbonyl (C=O) groups is 2. The van der Waals surface area contributed by atoms with Crippen molar-refractivity contribution in [1.82, 2.24) is 0 Å². The third kappa shape index (κ3) is 18.7. The summed E-state index contributed by atoms with van der Waals surface area (Å²) in [5, 5.41) is 0. The molecule has 0 unspecified atom stereocenters. The fraction of sp³-hybridized carbons (Fsp3) is 0.667. The Morgan fingerprint density at radius 3 is 2.15 bits per heavy atom. The minimum absolute atomic E-state index is 0.177. The molecule has 4 heteroatoms. The van der Waals surface area contributed by atoms with E-state index in [0.717, 1.165) is 6.42 Å². The minimum Gasteiger partial charge on any atom is -0.291 e. The number of rotatable bonds is 5. The average molecular weight is 262 g/mol. The summed E-state index contributed by atoms with van der Waals surface area (Å²) in [6.45, 7) is 4.87. The van der Waals surface area contributed by atoms with E-state index in [0.29, 0.717) is 14.0 Å². The maximum Gasteiger partial charge on any atom is 0.195 e. The Balaban J connectivity index is 0. The second-order valence-corrected chi connectivity index (χ2v) is 5.54.